The molecule has 6 rings (SSSR count). The lowest BCUT2D eigenvalue weighted by Gasteiger charge is -2.30. The monoisotopic (exact) mass is 731 g/mol. The van der Waals surface area contributed by atoms with E-state index < -0.39 is 0 Å². The fourth-order valence-corrected chi connectivity index (χ4v) is 7.86. The van der Waals surface area contributed by atoms with E-state index in [0.29, 0.717) is 28.6 Å². The molecule has 2 aromatic heterocycles. The first-order valence-electron chi connectivity index (χ1n) is 18.9. The highest BCUT2D eigenvalue weighted by molar-refractivity contribution is 6.32. The summed E-state index contributed by atoms with van der Waals surface area (Å²) in [6.07, 6.45) is 16.0. The molecule has 3 heterocycles. The topological polar surface area (TPSA) is 95.0 Å². The first-order chi connectivity index (χ1) is 25.7. The summed E-state index contributed by atoms with van der Waals surface area (Å²) < 4.78 is 2.01. The summed E-state index contributed by atoms with van der Waals surface area (Å²) in [6, 6.07) is 12.8. The number of benzene rings is 2. The molecule has 2 aromatic carbocycles. The fourth-order valence-electron chi connectivity index (χ4n) is 7.73. The highest BCUT2D eigenvalue weighted by Crippen LogP contribution is 2.38. The van der Waals surface area contributed by atoms with Crippen molar-refractivity contribution in [2.45, 2.75) is 64.2 Å². The predicted octanol–water partition coefficient (Wildman–Crippen LogP) is 10.5. The van der Waals surface area contributed by atoms with Crippen LogP contribution in [0.2, 0.25) is 5.02 Å². The smallest absolute Gasteiger partial charge is 0.224 e. The number of halogens is 1. The lowest BCUT2D eigenvalue weighted by molar-refractivity contribution is 0.293. The van der Waals surface area contributed by atoms with E-state index in [1.165, 1.54) is 23.8 Å². The van der Waals surface area contributed by atoms with Crippen LogP contribution in [0.3, 0.4) is 0 Å². The van der Waals surface area contributed by atoms with Crippen LogP contribution in [0, 0.1) is 11.8 Å². The standard InChI is InChI=1S/C43H54ClN9/c1-8-11-14-32-23-33-24-34(21-22-39(33)52(6)29(32)5)49-42-37(44)27-48-43(50-42)47-26-31-19-17-30(18-20-31)25-46-38-16-12-15-36-40(51-53(7)41(36)38)35(13-9-2)28(4)45-10-3/h8,10,12,15-16,21-24,27,30-31,35,45-46H,1,3-5,9,11,13-14,17-20,25-26H2,2,6-7H3,(H2,47,48,49,50). The van der Waals surface area contributed by atoms with Crippen LogP contribution in [0.1, 0.15) is 75.5 Å². The Balaban J connectivity index is 1.03. The number of aromatic nitrogens is 4. The summed E-state index contributed by atoms with van der Waals surface area (Å²) in [4.78, 5) is 11.4. The largest absolute Gasteiger partial charge is 0.383 e. The second-order valence-electron chi connectivity index (χ2n) is 14.4. The van der Waals surface area contributed by atoms with Crippen molar-refractivity contribution < 1.29 is 0 Å². The van der Waals surface area contributed by atoms with Crippen molar-refractivity contribution in [1.82, 2.24) is 25.1 Å². The molecule has 1 unspecified atom stereocenters. The molecule has 1 aliphatic carbocycles. The Morgan fingerprint density at radius 1 is 1.06 bits per heavy atom. The highest BCUT2D eigenvalue weighted by atomic mass is 35.5. The highest BCUT2D eigenvalue weighted by Gasteiger charge is 2.25. The van der Waals surface area contributed by atoms with Crippen molar-refractivity contribution in [2.75, 3.05) is 41.0 Å². The number of para-hydroxylation sites is 1. The number of hydrogen-bond acceptors (Lipinski definition) is 8. The molecule has 53 heavy (non-hydrogen) atoms. The zero-order chi connectivity index (χ0) is 37.5. The molecule has 4 N–H and O–H groups in total. The zero-order valence-corrected chi connectivity index (χ0v) is 32.3. The Morgan fingerprint density at radius 3 is 2.53 bits per heavy atom. The Hall–Kier alpha value is -5.02. The van der Waals surface area contributed by atoms with Gasteiger partial charge in [0.2, 0.25) is 5.95 Å². The van der Waals surface area contributed by atoms with Crippen molar-refractivity contribution in [3.05, 3.63) is 114 Å². The number of nitrogens with one attached hydrogen (secondary N) is 4. The molecule has 1 saturated carbocycles. The van der Waals surface area contributed by atoms with Crippen molar-refractivity contribution in [3.63, 3.8) is 0 Å². The maximum atomic E-state index is 6.57. The van der Waals surface area contributed by atoms with Gasteiger partial charge in [-0.3, -0.25) is 4.68 Å². The van der Waals surface area contributed by atoms with Gasteiger partial charge in [-0.05, 0) is 98.9 Å². The van der Waals surface area contributed by atoms with Crippen LogP contribution in [0.4, 0.5) is 28.8 Å². The van der Waals surface area contributed by atoms with E-state index in [-0.39, 0.29) is 5.92 Å². The first-order valence-corrected chi connectivity index (χ1v) is 19.3. The van der Waals surface area contributed by atoms with E-state index in [0.717, 1.165) is 96.8 Å². The quantitative estimate of drug-likeness (QED) is 0.0798. The third-order valence-electron chi connectivity index (χ3n) is 10.7. The lowest BCUT2D eigenvalue weighted by atomic mass is 9.82. The van der Waals surface area contributed by atoms with Gasteiger partial charge in [-0.15, -0.1) is 6.58 Å². The van der Waals surface area contributed by atoms with E-state index in [9.17, 15) is 0 Å². The maximum absolute atomic E-state index is 6.57. The lowest BCUT2D eigenvalue weighted by Crippen LogP contribution is -2.25. The summed E-state index contributed by atoms with van der Waals surface area (Å²) in [7, 11) is 4.09. The number of hydrogen-bond donors (Lipinski definition) is 4. The molecule has 1 fully saturated rings. The average Bonchev–Trinajstić information content (AvgIpc) is 3.50. The minimum atomic E-state index is 0.124. The van der Waals surface area contributed by atoms with Gasteiger partial charge in [0.25, 0.3) is 0 Å². The number of fused-ring (bicyclic) bond motifs is 2. The van der Waals surface area contributed by atoms with Gasteiger partial charge in [0.1, 0.15) is 5.02 Å². The van der Waals surface area contributed by atoms with E-state index in [1.807, 2.05) is 23.9 Å². The minimum absolute atomic E-state index is 0.124. The molecule has 0 radical (unpaired) electrons. The third-order valence-corrected chi connectivity index (χ3v) is 11.0. The number of aryl methyl sites for hydroxylation is 1. The van der Waals surface area contributed by atoms with Crippen LogP contribution in [0.15, 0.2) is 98.2 Å². The van der Waals surface area contributed by atoms with E-state index in [4.69, 9.17) is 21.7 Å². The molecule has 1 aliphatic heterocycles. The van der Waals surface area contributed by atoms with E-state index in [2.05, 4.69) is 108 Å². The minimum Gasteiger partial charge on any atom is -0.383 e. The number of rotatable bonds is 17. The second kappa shape index (κ2) is 17.2. The molecule has 0 amide bonds. The van der Waals surface area contributed by atoms with E-state index >= 15 is 0 Å². The molecule has 0 spiro atoms. The maximum Gasteiger partial charge on any atom is 0.224 e. The van der Waals surface area contributed by atoms with Crippen LogP contribution in [0.25, 0.3) is 17.0 Å². The van der Waals surface area contributed by atoms with Crippen molar-refractivity contribution in [2.24, 2.45) is 18.9 Å². The summed E-state index contributed by atoms with van der Waals surface area (Å²) in [5.74, 6) is 2.46. The number of anilines is 5. The Morgan fingerprint density at radius 2 is 1.81 bits per heavy atom. The summed E-state index contributed by atoms with van der Waals surface area (Å²) >= 11 is 6.57. The molecule has 278 valence electrons. The first kappa shape index (κ1) is 37.7. The second-order valence-corrected chi connectivity index (χ2v) is 14.8. The van der Waals surface area contributed by atoms with Crippen molar-refractivity contribution in [3.8, 4) is 0 Å². The van der Waals surface area contributed by atoms with Gasteiger partial charge in [-0.2, -0.15) is 10.1 Å². The molecule has 2 aliphatic rings. The van der Waals surface area contributed by atoms with Crippen molar-refractivity contribution >= 4 is 57.4 Å². The number of likely N-dealkylation sites (N-methyl/N-ethyl adjacent to an activating group) is 1. The molecule has 0 saturated heterocycles. The Labute approximate surface area is 320 Å². The zero-order valence-electron chi connectivity index (χ0n) is 31.5. The van der Waals surface area contributed by atoms with Gasteiger partial charge in [0.05, 0.1) is 23.1 Å². The van der Waals surface area contributed by atoms with Gasteiger partial charge >= 0.3 is 0 Å². The predicted molar refractivity (Wildman–Crippen MR) is 225 cm³/mol. The van der Waals surface area contributed by atoms with Crippen LogP contribution >= 0.6 is 11.6 Å². The van der Waals surface area contributed by atoms with Crippen LogP contribution in [-0.2, 0) is 7.05 Å². The van der Waals surface area contributed by atoms with Gasteiger partial charge in [-0.1, -0.05) is 62.9 Å². The molecule has 0 bridgehead atoms. The summed E-state index contributed by atoms with van der Waals surface area (Å²) in [5.41, 5.74) is 9.66. The number of allylic oxidation sites excluding steroid dienone is 3. The third kappa shape index (κ3) is 8.62. The van der Waals surface area contributed by atoms with Gasteiger partial charge in [0, 0.05) is 66.8 Å². The van der Waals surface area contributed by atoms with Gasteiger partial charge < -0.3 is 26.2 Å². The van der Waals surface area contributed by atoms with Crippen LogP contribution < -0.4 is 26.2 Å². The SMILES string of the molecule is C=CCCC1=Cc2cc(Nc3nc(NCC4CCC(CNc5cccc6c(C(CCC)C(=C)NC=C)nn(C)c56)CC4)ncc3Cl)ccc2N(C)C1=C. The molecule has 1 atom stereocenters. The normalized spacial score (nSPS) is 17.5. The van der Waals surface area contributed by atoms with E-state index in [1.54, 1.807) is 12.4 Å². The molecule has 10 heteroatoms. The summed E-state index contributed by atoms with van der Waals surface area (Å²) in [6.45, 7) is 20.3. The van der Waals surface area contributed by atoms with Crippen molar-refractivity contribution in [1.29, 1.82) is 0 Å². The average molecular weight is 732 g/mol. The fraction of sp³-hybridized carbons (Fsp3) is 0.372. The molecular weight excluding hydrogens is 678 g/mol. The molecular formula is C43H54ClN9. The summed E-state index contributed by atoms with van der Waals surface area (Å²) in [5, 5.41) is 20.6. The van der Waals surface area contributed by atoms with Crippen LogP contribution in [0.5, 0.6) is 0 Å². The van der Waals surface area contributed by atoms with Crippen LogP contribution in [-0.4, -0.2) is 39.9 Å². The molecule has 9 nitrogen and oxygen atoms in total. The van der Waals surface area contributed by atoms with Gasteiger partial charge in [-0.25, -0.2) is 4.98 Å². The molecule has 4 aromatic rings. The van der Waals surface area contributed by atoms with Gasteiger partial charge in [0.15, 0.2) is 5.82 Å². The Kier molecular flexibility index (Phi) is 12.2. The number of nitrogens with zero attached hydrogens (tertiary/aromatic N) is 5. The Bertz CT molecular complexity index is 2000.